The van der Waals surface area contributed by atoms with Gasteiger partial charge in [0.2, 0.25) is 5.91 Å². The van der Waals surface area contributed by atoms with Gasteiger partial charge in [-0.25, -0.2) is 0 Å². The van der Waals surface area contributed by atoms with E-state index >= 15 is 0 Å². The topological polar surface area (TPSA) is 124 Å². The van der Waals surface area contributed by atoms with Crippen LogP contribution < -0.4 is 15.4 Å². The van der Waals surface area contributed by atoms with Crippen LogP contribution in [0.25, 0.3) is 0 Å². The van der Waals surface area contributed by atoms with Crippen LogP contribution in [0.5, 0.6) is 17.2 Å². The maximum atomic E-state index is 13.3. The highest BCUT2D eigenvalue weighted by Crippen LogP contribution is 2.45. The maximum Gasteiger partial charge on any atom is 0.262 e. The number of carbonyl (C=O) groups is 2. The van der Waals surface area contributed by atoms with Crippen molar-refractivity contribution in [1.82, 2.24) is 15.1 Å². The van der Waals surface area contributed by atoms with E-state index in [0.717, 1.165) is 61.5 Å². The summed E-state index contributed by atoms with van der Waals surface area (Å²) in [7, 11) is 2.16. The van der Waals surface area contributed by atoms with Gasteiger partial charge in [0.1, 0.15) is 17.2 Å². The average molecular weight is 685 g/mol. The molecule has 2 amide bonds. The highest BCUT2D eigenvalue weighted by Gasteiger charge is 2.39. The van der Waals surface area contributed by atoms with Gasteiger partial charge in [0.05, 0.1) is 19.6 Å². The third kappa shape index (κ3) is 8.96. The third-order valence-electron chi connectivity index (χ3n) is 10.6. The highest BCUT2D eigenvalue weighted by atomic mass is 16.5. The van der Waals surface area contributed by atoms with E-state index < -0.39 is 0 Å². The molecule has 268 valence electrons. The molecule has 0 bridgehead atoms. The molecule has 50 heavy (non-hydrogen) atoms. The summed E-state index contributed by atoms with van der Waals surface area (Å²) in [6.45, 7) is 5.50. The molecular weight excluding hydrogens is 632 g/mol. The van der Waals surface area contributed by atoms with Gasteiger partial charge >= 0.3 is 0 Å². The number of phenols is 2. The summed E-state index contributed by atoms with van der Waals surface area (Å²) in [4.78, 5) is 29.3. The largest absolute Gasteiger partial charge is 0.508 e. The number of aromatic hydroxyl groups is 2. The fourth-order valence-corrected chi connectivity index (χ4v) is 7.28. The first kappa shape index (κ1) is 35.7. The Hall–Kier alpha value is -4.12. The van der Waals surface area contributed by atoms with Crippen LogP contribution in [0, 0.1) is 5.92 Å². The number of rotatable bonds is 17. The first-order chi connectivity index (χ1) is 24.3. The number of anilines is 1. The molecule has 2 aliphatic heterocycles. The summed E-state index contributed by atoms with van der Waals surface area (Å²) in [5.41, 5.74) is 4.38. The first-order valence-electron chi connectivity index (χ1n) is 18.2. The van der Waals surface area contributed by atoms with E-state index in [2.05, 4.69) is 52.9 Å². The van der Waals surface area contributed by atoms with Gasteiger partial charge in [-0.05, 0) is 93.5 Å². The Labute approximate surface area is 295 Å². The lowest BCUT2D eigenvalue weighted by Gasteiger charge is -2.42. The predicted molar refractivity (Wildman–Crippen MR) is 194 cm³/mol. The zero-order valence-corrected chi connectivity index (χ0v) is 29.3. The Morgan fingerprint density at radius 2 is 1.78 bits per heavy atom. The van der Waals surface area contributed by atoms with E-state index in [9.17, 15) is 19.8 Å². The minimum atomic E-state index is -0.282. The number of ether oxygens (including phenoxy) is 2. The second-order valence-electron chi connectivity index (χ2n) is 14.1. The molecular formula is C40H52N4O6. The molecule has 0 radical (unpaired) electrons. The normalized spacial score (nSPS) is 17.1. The predicted octanol–water partition coefficient (Wildman–Crippen LogP) is 4.85. The lowest BCUT2D eigenvalue weighted by Crippen LogP contribution is -2.41. The lowest BCUT2D eigenvalue weighted by atomic mass is 9.67. The molecule has 2 heterocycles. The van der Waals surface area contributed by atoms with Crippen molar-refractivity contribution in [3.63, 3.8) is 0 Å². The number of piperidine rings is 1. The van der Waals surface area contributed by atoms with Crippen LogP contribution in [0.15, 0.2) is 60.7 Å². The number of carbonyl (C=O) groups excluding carboxylic acids is 2. The number of benzene rings is 3. The van der Waals surface area contributed by atoms with Gasteiger partial charge in [-0.3, -0.25) is 9.59 Å². The zero-order chi connectivity index (χ0) is 34.9. The summed E-state index contributed by atoms with van der Waals surface area (Å²) in [5.74, 6) is 1.43. The molecule has 1 saturated heterocycles. The van der Waals surface area contributed by atoms with Gasteiger partial charge in [0.25, 0.3) is 5.91 Å². The number of nitrogens with one attached hydrogen (secondary N) is 2. The number of hydrogen-bond acceptors (Lipinski definition) is 8. The van der Waals surface area contributed by atoms with Crippen LogP contribution >= 0.6 is 0 Å². The van der Waals surface area contributed by atoms with Crippen LogP contribution in [0.2, 0.25) is 0 Å². The van der Waals surface area contributed by atoms with Crippen LogP contribution in [0.3, 0.4) is 0 Å². The Morgan fingerprint density at radius 1 is 1.00 bits per heavy atom. The van der Waals surface area contributed by atoms with Gasteiger partial charge in [0, 0.05) is 30.6 Å². The van der Waals surface area contributed by atoms with E-state index in [1.54, 1.807) is 6.07 Å². The van der Waals surface area contributed by atoms with Crippen LogP contribution in [-0.4, -0.2) is 98.0 Å². The average Bonchev–Trinajstić information content (AvgIpc) is 3.96. The molecule has 3 aliphatic rings. The summed E-state index contributed by atoms with van der Waals surface area (Å²) in [6, 6.07) is 19.9. The number of phenolic OH excluding ortho intramolecular Hbond substituents is 2. The second kappa shape index (κ2) is 16.7. The van der Waals surface area contributed by atoms with Crippen molar-refractivity contribution >= 4 is 17.5 Å². The van der Waals surface area contributed by atoms with Crippen molar-refractivity contribution in [3.05, 3.63) is 82.9 Å². The van der Waals surface area contributed by atoms with Crippen LogP contribution in [-0.2, 0) is 32.6 Å². The van der Waals surface area contributed by atoms with Gasteiger partial charge in [0.15, 0.2) is 12.4 Å². The molecule has 10 nitrogen and oxygen atoms in total. The molecule has 6 rings (SSSR count). The minimum absolute atomic E-state index is 0.00666. The van der Waals surface area contributed by atoms with Crippen molar-refractivity contribution in [2.75, 3.05) is 71.5 Å². The Morgan fingerprint density at radius 3 is 2.56 bits per heavy atom. The number of fused-ring (bicyclic) bond motifs is 1. The van der Waals surface area contributed by atoms with Gasteiger partial charge in [-0.2, -0.15) is 0 Å². The second-order valence-corrected chi connectivity index (χ2v) is 14.1. The molecule has 3 aromatic carbocycles. The van der Waals surface area contributed by atoms with E-state index in [0.29, 0.717) is 69.3 Å². The van der Waals surface area contributed by atoms with Crippen molar-refractivity contribution in [2.45, 2.75) is 56.8 Å². The van der Waals surface area contributed by atoms with Crippen molar-refractivity contribution < 1.29 is 29.3 Å². The number of amides is 2. The molecule has 2 fully saturated rings. The van der Waals surface area contributed by atoms with Crippen LogP contribution in [0.4, 0.5) is 5.69 Å². The minimum Gasteiger partial charge on any atom is -0.508 e. The molecule has 4 N–H and O–H groups in total. The van der Waals surface area contributed by atoms with Gasteiger partial charge in [-0.1, -0.05) is 61.4 Å². The smallest absolute Gasteiger partial charge is 0.262 e. The zero-order valence-electron chi connectivity index (χ0n) is 29.3. The number of hydrogen-bond donors (Lipinski definition) is 4. The van der Waals surface area contributed by atoms with Gasteiger partial charge in [-0.15, -0.1) is 0 Å². The number of likely N-dealkylation sites (tertiary alicyclic amines) is 1. The van der Waals surface area contributed by atoms with Crippen molar-refractivity contribution in [1.29, 1.82) is 0 Å². The van der Waals surface area contributed by atoms with Crippen molar-refractivity contribution in [2.24, 2.45) is 5.92 Å². The maximum absolute atomic E-state index is 13.3. The molecule has 0 unspecified atom stereocenters. The van der Waals surface area contributed by atoms with E-state index in [4.69, 9.17) is 9.47 Å². The summed E-state index contributed by atoms with van der Waals surface area (Å²) in [6.07, 6.45) is 7.17. The Bertz CT molecular complexity index is 1600. The molecule has 3 aromatic rings. The monoisotopic (exact) mass is 684 g/mol. The molecule has 10 heteroatoms. The van der Waals surface area contributed by atoms with E-state index in [-0.39, 0.29) is 29.6 Å². The van der Waals surface area contributed by atoms with Crippen LogP contribution in [0.1, 0.15) is 60.8 Å². The summed E-state index contributed by atoms with van der Waals surface area (Å²) in [5, 5.41) is 27.3. The van der Waals surface area contributed by atoms with Crippen molar-refractivity contribution in [3.8, 4) is 17.2 Å². The lowest BCUT2D eigenvalue weighted by molar-refractivity contribution is -0.132. The standard InChI is InChI=1S/C40H52N4O6/c1-43-22-17-40(18-23-43,32-5-3-2-4-6-32)33-27-30(9-11-34(33)45)15-25-49-26-16-37(48)44(21-14-29-7-8-29)24-20-41-19-13-31-10-12-35(46)38-39(31)50-28-36(47)42-38/h2-6,9-12,27,29,41,45-46H,7-8,13-26,28H2,1H3,(H,42,47). The first-order valence-corrected chi connectivity index (χ1v) is 18.2. The quantitative estimate of drug-likeness (QED) is 0.118. The summed E-state index contributed by atoms with van der Waals surface area (Å²) >= 11 is 0. The SMILES string of the molecule is CN1CCC(c2ccccc2)(c2cc(CCOCCC(=O)N(CCNCCc3ccc(O)c4c3OCC(=O)N4)CCC3CC3)ccc2O)CC1. The fourth-order valence-electron chi connectivity index (χ4n) is 7.28. The number of nitrogens with zero attached hydrogens (tertiary/aromatic N) is 2. The molecule has 0 spiro atoms. The molecule has 0 atom stereocenters. The van der Waals surface area contributed by atoms with E-state index in [1.807, 2.05) is 29.2 Å². The van der Waals surface area contributed by atoms with E-state index in [1.165, 1.54) is 18.4 Å². The fraction of sp³-hybridized carbons (Fsp3) is 0.500. The molecule has 1 saturated carbocycles. The molecule has 1 aliphatic carbocycles. The van der Waals surface area contributed by atoms with Gasteiger partial charge < -0.3 is 40.1 Å². The highest BCUT2D eigenvalue weighted by molar-refractivity contribution is 5.97. The Kier molecular flexibility index (Phi) is 11.9. The summed E-state index contributed by atoms with van der Waals surface area (Å²) < 4.78 is 11.6. The third-order valence-corrected chi connectivity index (χ3v) is 10.6. The molecule has 0 aromatic heterocycles. The Balaban J connectivity index is 0.964.